The normalized spacial score (nSPS) is 13.8. The fraction of sp³-hybridized carbons (Fsp3) is 0.800. The Bertz CT molecular complexity index is 126. The second-order valence-corrected chi connectivity index (χ2v) is 3.04. The zero-order valence-corrected chi connectivity index (χ0v) is 8.37. The van der Waals surface area contributed by atoms with Crippen molar-refractivity contribution < 1.29 is 10.2 Å². The second kappa shape index (κ2) is 9.71. The number of unbranched alkanes of at least 4 members (excludes halogenated alkanes) is 2. The van der Waals surface area contributed by atoms with Gasteiger partial charge in [-0.2, -0.15) is 0 Å². The van der Waals surface area contributed by atoms with Crippen LogP contribution in [0.15, 0.2) is 12.2 Å². The molecule has 0 aliphatic carbocycles. The maximum atomic E-state index is 8.91. The van der Waals surface area contributed by atoms with E-state index in [4.69, 9.17) is 10.2 Å². The van der Waals surface area contributed by atoms with Gasteiger partial charge in [0, 0.05) is 12.6 Å². The zero-order valence-electron chi connectivity index (χ0n) is 8.37. The highest BCUT2D eigenvalue weighted by Gasteiger charge is 1.99. The van der Waals surface area contributed by atoms with Crippen molar-refractivity contribution in [3.63, 3.8) is 0 Å². The maximum Gasteiger partial charge on any atom is 0.0620 e. The molecule has 3 heteroatoms. The van der Waals surface area contributed by atoms with Crippen molar-refractivity contribution in [2.45, 2.75) is 32.2 Å². The monoisotopic (exact) mass is 187 g/mol. The molecule has 0 saturated heterocycles. The summed E-state index contributed by atoms with van der Waals surface area (Å²) >= 11 is 0. The van der Waals surface area contributed by atoms with Crippen LogP contribution in [0.1, 0.15) is 26.2 Å². The van der Waals surface area contributed by atoms with Crippen molar-refractivity contribution in [3.05, 3.63) is 12.2 Å². The Morgan fingerprint density at radius 2 is 2.15 bits per heavy atom. The summed E-state index contributed by atoms with van der Waals surface area (Å²) in [5, 5.41) is 20.5. The summed E-state index contributed by atoms with van der Waals surface area (Å²) in [5.74, 6) is 0. The Kier molecular flexibility index (Phi) is 9.42. The van der Waals surface area contributed by atoms with Crippen LogP contribution in [0, 0.1) is 0 Å². The fourth-order valence-electron chi connectivity index (χ4n) is 1.03. The van der Waals surface area contributed by atoms with Crippen molar-refractivity contribution in [1.82, 2.24) is 5.32 Å². The highest BCUT2D eigenvalue weighted by atomic mass is 16.3. The Morgan fingerprint density at radius 3 is 2.69 bits per heavy atom. The molecule has 3 nitrogen and oxygen atoms in total. The van der Waals surface area contributed by atoms with Crippen molar-refractivity contribution in [3.8, 4) is 0 Å². The lowest BCUT2D eigenvalue weighted by molar-refractivity contribution is 0.244. The van der Waals surface area contributed by atoms with Gasteiger partial charge in [0.1, 0.15) is 0 Å². The van der Waals surface area contributed by atoms with E-state index in [1.807, 2.05) is 6.08 Å². The molecule has 0 spiro atoms. The van der Waals surface area contributed by atoms with Gasteiger partial charge in [-0.1, -0.05) is 31.9 Å². The minimum atomic E-state index is -0.0102. The van der Waals surface area contributed by atoms with E-state index in [0.29, 0.717) is 6.54 Å². The van der Waals surface area contributed by atoms with Gasteiger partial charge in [-0.3, -0.25) is 0 Å². The summed E-state index contributed by atoms with van der Waals surface area (Å²) in [4.78, 5) is 0. The molecule has 0 aliphatic rings. The average Bonchev–Trinajstić information content (AvgIpc) is 2.17. The molecule has 0 amide bonds. The predicted molar refractivity (Wildman–Crippen MR) is 54.6 cm³/mol. The molecule has 0 aromatic heterocycles. The van der Waals surface area contributed by atoms with Gasteiger partial charge >= 0.3 is 0 Å². The zero-order chi connectivity index (χ0) is 9.94. The van der Waals surface area contributed by atoms with Gasteiger partial charge in [0.15, 0.2) is 0 Å². The Hall–Kier alpha value is -0.380. The molecule has 0 fully saturated rings. The maximum absolute atomic E-state index is 8.91. The topological polar surface area (TPSA) is 52.5 Å². The fourth-order valence-corrected chi connectivity index (χ4v) is 1.03. The third-order valence-electron chi connectivity index (χ3n) is 1.81. The van der Waals surface area contributed by atoms with Crippen molar-refractivity contribution in [1.29, 1.82) is 0 Å². The van der Waals surface area contributed by atoms with Gasteiger partial charge < -0.3 is 15.5 Å². The van der Waals surface area contributed by atoms with E-state index in [9.17, 15) is 0 Å². The first kappa shape index (κ1) is 12.6. The molecule has 0 bridgehead atoms. The Balaban J connectivity index is 3.50. The lowest BCUT2D eigenvalue weighted by Gasteiger charge is -2.10. The Morgan fingerprint density at radius 1 is 1.38 bits per heavy atom. The first-order chi connectivity index (χ1) is 6.35. The number of hydrogen-bond donors (Lipinski definition) is 3. The molecule has 0 radical (unpaired) electrons. The summed E-state index contributed by atoms with van der Waals surface area (Å²) in [6.07, 6.45) is 7.49. The molecule has 13 heavy (non-hydrogen) atoms. The summed E-state index contributed by atoms with van der Waals surface area (Å²) in [6.45, 7) is 2.88. The Labute approximate surface area is 80.5 Å². The first-order valence-corrected chi connectivity index (χ1v) is 4.96. The SMILES string of the molecule is CCCC/C=C/C(CO)NCCO. The van der Waals surface area contributed by atoms with Gasteiger partial charge in [-0.25, -0.2) is 0 Å². The summed E-state index contributed by atoms with van der Waals surface area (Å²) in [7, 11) is 0. The van der Waals surface area contributed by atoms with E-state index in [1.54, 1.807) is 0 Å². The van der Waals surface area contributed by atoms with Gasteiger partial charge in [-0.15, -0.1) is 0 Å². The first-order valence-electron chi connectivity index (χ1n) is 4.96. The van der Waals surface area contributed by atoms with Crippen LogP contribution in [0.3, 0.4) is 0 Å². The van der Waals surface area contributed by atoms with Gasteiger partial charge in [0.2, 0.25) is 0 Å². The van der Waals surface area contributed by atoms with Gasteiger partial charge in [-0.05, 0) is 6.42 Å². The molecular weight excluding hydrogens is 166 g/mol. The van der Waals surface area contributed by atoms with Crippen molar-refractivity contribution in [2.24, 2.45) is 0 Å². The van der Waals surface area contributed by atoms with Crippen LogP contribution in [0.4, 0.5) is 0 Å². The number of nitrogens with one attached hydrogen (secondary N) is 1. The molecule has 0 aromatic rings. The number of allylic oxidation sites excluding steroid dienone is 1. The van der Waals surface area contributed by atoms with Crippen molar-refractivity contribution >= 4 is 0 Å². The van der Waals surface area contributed by atoms with E-state index in [2.05, 4.69) is 18.3 Å². The third kappa shape index (κ3) is 7.96. The van der Waals surface area contributed by atoms with Crippen molar-refractivity contribution in [2.75, 3.05) is 19.8 Å². The average molecular weight is 187 g/mol. The van der Waals surface area contributed by atoms with E-state index < -0.39 is 0 Å². The molecule has 0 aliphatic heterocycles. The molecule has 0 rings (SSSR count). The van der Waals surface area contributed by atoms with E-state index in [0.717, 1.165) is 6.42 Å². The minimum absolute atomic E-state index is 0.0102. The smallest absolute Gasteiger partial charge is 0.0620 e. The van der Waals surface area contributed by atoms with Crippen LogP contribution in [0.25, 0.3) is 0 Å². The van der Waals surface area contributed by atoms with Crippen LogP contribution in [-0.2, 0) is 0 Å². The molecule has 1 unspecified atom stereocenters. The molecule has 3 N–H and O–H groups in total. The highest BCUT2D eigenvalue weighted by molar-refractivity contribution is 4.92. The van der Waals surface area contributed by atoms with E-state index in [-0.39, 0.29) is 19.3 Å². The van der Waals surface area contributed by atoms with Gasteiger partial charge in [0.25, 0.3) is 0 Å². The molecule has 1 atom stereocenters. The summed E-state index contributed by atoms with van der Waals surface area (Å²) in [5.41, 5.74) is 0. The quantitative estimate of drug-likeness (QED) is 0.387. The van der Waals surface area contributed by atoms with E-state index >= 15 is 0 Å². The van der Waals surface area contributed by atoms with Gasteiger partial charge in [0.05, 0.1) is 13.2 Å². The molecule has 78 valence electrons. The minimum Gasteiger partial charge on any atom is -0.395 e. The third-order valence-corrected chi connectivity index (χ3v) is 1.81. The number of aliphatic hydroxyl groups is 2. The number of rotatable bonds is 8. The lowest BCUT2D eigenvalue weighted by atomic mass is 10.2. The molecule has 0 saturated carbocycles. The predicted octanol–water partition coefficient (Wildman–Crippen LogP) is 0.676. The standard InChI is InChI=1S/C10H21NO2/c1-2-3-4-5-6-10(9-13)11-7-8-12/h5-6,10-13H,2-4,7-9H2,1H3/b6-5+. The largest absolute Gasteiger partial charge is 0.395 e. The van der Waals surface area contributed by atoms with Crippen LogP contribution in [0.2, 0.25) is 0 Å². The second-order valence-electron chi connectivity index (χ2n) is 3.04. The number of aliphatic hydroxyl groups excluding tert-OH is 2. The number of hydrogen-bond acceptors (Lipinski definition) is 3. The summed E-state index contributed by atoms with van der Waals surface area (Å²) < 4.78 is 0. The van der Waals surface area contributed by atoms with E-state index in [1.165, 1.54) is 12.8 Å². The van der Waals surface area contributed by atoms with Crippen LogP contribution >= 0.6 is 0 Å². The highest BCUT2D eigenvalue weighted by Crippen LogP contribution is 1.96. The molecular formula is C10H21NO2. The van der Waals surface area contributed by atoms with Crippen LogP contribution in [0.5, 0.6) is 0 Å². The molecule has 0 heterocycles. The molecule has 0 aromatic carbocycles. The summed E-state index contributed by atoms with van der Waals surface area (Å²) in [6, 6.07) is -0.0102. The van der Waals surface area contributed by atoms with Crippen LogP contribution in [-0.4, -0.2) is 36.0 Å². The lowest BCUT2D eigenvalue weighted by Crippen LogP contribution is -2.32. The van der Waals surface area contributed by atoms with Crippen LogP contribution < -0.4 is 5.32 Å².